The van der Waals surface area contributed by atoms with E-state index in [4.69, 9.17) is 0 Å². The van der Waals surface area contributed by atoms with Gasteiger partial charge in [-0.3, -0.25) is 0 Å². The number of aliphatic hydroxyl groups is 1. The third kappa shape index (κ3) is 2.13. The maximum Gasteiger partial charge on any atom is 0.248 e. The second-order valence-corrected chi connectivity index (χ2v) is 5.36. The van der Waals surface area contributed by atoms with Gasteiger partial charge in [-0.2, -0.15) is 0 Å². The van der Waals surface area contributed by atoms with E-state index in [0.717, 1.165) is 18.7 Å². The fourth-order valence-electron chi connectivity index (χ4n) is 2.75. The highest BCUT2D eigenvalue weighted by atomic mass is 19.3. The van der Waals surface area contributed by atoms with E-state index >= 15 is 0 Å². The summed E-state index contributed by atoms with van der Waals surface area (Å²) in [5.41, 5.74) is 0. The fourth-order valence-corrected chi connectivity index (χ4v) is 2.75. The van der Waals surface area contributed by atoms with Gasteiger partial charge in [-0.15, -0.1) is 10.2 Å². The number of aromatic nitrogens is 3. The van der Waals surface area contributed by atoms with Crippen LogP contribution in [-0.2, 0) is 6.61 Å². The molecule has 1 aromatic rings. The van der Waals surface area contributed by atoms with E-state index < -0.39 is 5.92 Å². The van der Waals surface area contributed by atoms with Crippen molar-refractivity contribution in [1.29, 1.82) is 0 Å². The molecule has 0 spiro atoms. The van der Waals surface area contributed by atoms with E-state index in [2.05, 4.69) is 10.2 Å². The summed E-state index contributed by atoms with van der Waals surface area (Å²) in [5.74, 6) is -1.07. The molecule has 1 heterocycles. The van der Waals surface area contributed by atoms with Crippen molar-refractivity contribution >= 4 is 0 Å². The molecule has 1 N–H and O–H groups in total. The number of nitrogens with zero attached hydrogens (tertiary/aromatic N) is 3. The summed E-state index contributed by atoms with van der Waals surface area (Å²) >= 11 is 0. The minimum absolute atomic E-state index is 0.0658. The van der Waals surface area contributed by atoms with Gasteiger partial charge in [-0.05, 0) is 25.7 Å². The quantitative estimate of drug-likeness (QED) is 0.904. The second kappa shape index (κ2) is 4.26. The van der Waals surface area contributed by atoms with Gasteiger partial charge >= 0.3 is 0 Å². The smallest absolute Gasteiger partial charge is 0.248 e. The second-order valence-electron chi connectivity index (χ2n) is 5.36. The highest BCUT2D eigenvalue weighted by molar-refractivity contribution is 5.08. The Morgan fingerprint density at radius 1 is 1.17 bits per heavy atom. The molecule has 1 aromatic heterocycles. The Hall–Kier alpha value is -1.04. The SMILES string of the molecule is OCc1nnc(C2CCC(F)(F)CC2)n1C1CC1. The highest BCUT2D eigenvalue weighted by Gasteiger charge is 2.39. The summed E-state index contributed by atoms with van der Waals surface area (Å²) < 4.78 is 28.3. The first-order chi connectivity index (χ1) is 8.61. The van der Waals surface area contributed by atoms with E-state index in [9.17, 15) is 13.9 Å². The molecule has 0 bridgehead atoms. The molecule has 4 nitrogen and oxygen atoms in total. The lowest BCUT2D eigenvalue weighted by Crippen LogP contribution is -2.25. The first-order valence-electron chi connectivity index (χ1n) is 6.53. The van der Waals surface area contributed by atoms with Crippen molar-refractivity contribution in [2.75, 3.05) is 0 Å². The Kier molecular flexibility index (Phi) is 2.84. The average Bonchev–Trinajstić information content (AvgIpc) is 3.09. The maximum absolute atomic E-state index is 13.2. The van der Waals surface area contributed by atoms with Gasteiger partial charge in [0, 0.05) is 24.8 Å². The third-order valence-electron chi connectivity index (χ3n) is 3.93. The number of hydrogen-bond donors (Lipinski definition) is 1. The molecular formula is C12H17F2N3O. The molecule has 0 saturated heterocycles. The van der Waals surface area contributed by atoms with E-state index in [0.29, 0.717) is 24.7 Å². The molecular weight excluding hydrogens is 240 g/mol. The predicted octanol–water partition coefficient (Wildman–Crippen LogP) is 2.40. The molecule has 0 radical (unpaired) electrons. The molecule has 100 valence electrons. The monoisotopic (exact) mass is 257 g/mol. The van der Waals surface area contributed by atoms with Crippen LogP contribution in [0, 0.1) is 0 Å². The van der Waals surface area contributed by atoms with Gasteiger partial charge in [-0.25, -0.2) is 8.78 Å². The topological polar surface area (TPSA) is 50.9 Å². The molecule has 2 saturated carbocycles. The lowest BCUT2D eigenvalue weighted by atomic mass is 9.86. The molecule has 0 aromatic carbocycles. The first-order valence-corrected chi connectivity index (χ1v) is 6.53. The van der Waals surface area contributed by atoms with Crippen molar-refractivity contribution in [3.63, 3.8) is 0 Å². The van der Waals surface area contributed by atoms with E-state index in [1.165, 1.54) is 0 Å². The lowest BCUT2D eigenvalue weighted by Gasteiger charge is -2.28. The number of hydrogen-bond acceptors (Lipinski definition) is 3. The van der Waals surface area contributed by atoms with Gasteiger partial charge < -0.3 is 9.67 Å². The number of aliphatic hydroxyl groups excluding tert-OH is 1. The van der Waals surface area contributed by atoms with Gasteiger partial charge in [-0.1, -0.05) is 0 Å². The Morgan fingerprint density at radius 2 is 1.83 bits per heavy atom. The predicted molar refractivity (Wildman–Crippen MR) is 60.4 cm³/mol. The third-order valence-corrected chi connectivity index (χ3v) is 3.93. The van der Waals surface area contributed by atoms with Gasteiger partial charge in [0.25, 0.3) is 0 Å². The number of rotatable bonds is 3. The summed E-state index contributed by atoms with van der Waals surface area (Å²) in [4.78, 5) is 0. The molecule has 2 aliphatic rings. The molecule has 2 aliphatic carbocycles. The summed E-state index contributed by atoms with van der Waals surface area (Å²) in [5, 5.41) is 17.4. The van der Waals surface area contributed by atoms with Gasteiger partial charge in [0.1, 0.15) is 12.4 Å². The van der Waals surface area contributed by atoms with Crippen LogP contribution < -0.4 is 0 Å². The zero-order valence-electron chi connectivity index (χ0n) is 10.1. The highest BCUT2D eigenvalue weighted by Crippen LogP contribution is 2.43. The molecule has 2 fully saturated rings. The van der Waals surface area contributed by atoms with Crippen LogP contribution in [0.25, 0.3) is 0 Å². The summed E-state index contributed by atoms with van der Waals surface area (Å²) in [6.07, 6.45) is 2.93. The molecule has 0 atom stereocenters. The summed E-state index contributed by atoms with van der Waals surface area (Å²) in [6, 6.07) is 0.375. The minimum Gasteiger partial charge on any atom is -0.388 e. The zero-order valence-corrected chi connectivity index (χ0v) is 10.1. The molecule has 6 heteroatoms. The van der Waals surface area contributed by atoms with Crippen molar-refractivity contribution in [2.45, 2.75) is 63.0 Å². The Labute approximate surface area is 104 Å². The lowest BCUT2D eigenvalue weighted by molar-refractivity contribution is -0.0390. The van der Waals surface area contributed by atoms with Crippen molar-refractivity contribution in [3.05, 3.63) is 11.6 Å². The Balaban J connectivity index is 1.82. The maximum atomic E-state index is 13.2. The van der Waals surface area contributed by atoms with E-state index in [-0.39, 0.29) is 25.4 Å². The van der Waals surface area contributed by atoms with Crippen LogP contribution in [0.5, 0.6) is 0 Å². The van der Waals surface area contributed by atoms with Crippen molar-refractivity contribution < 1.29 is 13.9 Å². The summed E-state index contributed by atoms with van der Waals surface area (Å²) in [6.45, 7) is -0.133. The van der Waals surface area contributed by atoms with Crippen LogP contribution >= 0.6 is 0 Å². The van der Waals surface area contributed by atoms with Gasteiger partial charge in [0.05, 0.1) is 0 Å². The van der Waals surface area contributed by atoms with Crippen molar-refractivity contribution in [2.24, 2.45) is 0 Å². The van der Waals surface area contributed by atoms with Crippen molar-refractivity contribution in [1.82, 2.24) is 14.8 Å². The number of alkyl halides is 2. The largest absolute Gasteiger partial charge is 0.388 e. The number of halogens is 2. The van der Waals surface area contributed by atoms with Crippen LogP contribution in [0.1, 0.15) is 62.1 Å². The molecule has 0 unspecified atom stereocenters. The molecule has 18 heavy (non-hydrogen) atoms. The Morgan fingerprint density at radius 3 is 2.39 bits per heavy atom. The van der Waals surface area contributed by atoms with Crippen molar-refractivity contribution in [3.8, 4) is 0 Å². The van der Waals surface area contributed by atoms with Crippen LogP contribution in [-0.4, -0.2) is 25.8 Å². The van der Waals surface area contributed by atoms with Gasteiger partial charge in [0.15, 0.2) is 5.82 Å². The summed E-state index contributed by atoms with van der Waals surface area (Å²) in [7, 11) is 0. The first kappa shape index (κ1) is 12.0. The van der Waals surface area contributed by atoms with Crippen LogP contribution in [0.15, 0.2) is 0 Å². The molecule has 0 aliphatic heterocycles. The molecule has 0 amide bonds. The normalized spacial score (nSPS) is 24.4. The Bertz CT molecular complexity index is 433. The molecule has 3 rings (SSSR count). The zero-order chi connectivity index (χ0) is 12.8. The van der Waals surface area contributed by atoms with Crippen LogP contribution in [0.3, 0.4) is 0 Å². The average molecular weight is 257 g/mol. The van der Waals surface area contributed by atoms with E-state index in [1.807, 2.05) is 4.57 Å². The standard InChI is InChI=1S/C12H17F2N3O/c13-12(14)5-3-8(4-6-12)11-16-15-10(7-18)17(11)9-1-2-9/h8-9,18H,1-7H2. The van der Waals surface area contributed by atoms with Crippen LogP contribution in [0.2, 0.25) is 0 Å². The fraction of sp³-hybridized carbons (Fsp3) is 0.833. The van der Waals surface area contributed by atoms with Gasteiger partial charge in [0.2, 0.25) is 5.92 Å². The minimum atomic E-state index is -2.51. The van der Waals surface area contributed by atoms with Crippen LogP contribution in [0.4, 0.5) is 8.78 Å². The van der Waals surface area contributed by atoms with E-state index in [1.54, 1.807) is 0 Å².